The van der Waals surface area contributed by atoms with E-state index >= 15 is 0 Å². The molecule has 5 aliphatic rings. The minimum atomic E-state index is 0.518. The Hall–Kier alpha value is -1.02. The fourth-order valence-corrected chi connectivity index (χ4v) is 6.48. The number of benzene rings is 1. The number of aryl methyl sites for hydroxylation is 1. The van der Waals surface area contributed by atoms with Gasteiger partial charge in [-0.15, -0.1) is 0 Å². The zero-order valence-corrected chi connectivity index (χ0v) is 14.2. The van der Waals surface area contributed by atoms with Crippen molar-refractivity contribution in [3.05, 3.63) is 29.3 Å². The topological polar surface area (TPSA) is 24.1 Å². The van der Waals surface area contributed by atoms with Gasteiger partial charge >= 0.3 is 0 Å². The van der Waals surface area contributed by atoms with Crippen LogP contribution < -0.4 is 10.6 Å². The van der Waals surface area contributed by atoms with E-state index in [4.69, 9.17) is 0 Å². The summed E-state index contributed by atoms with van der Waals surface area (Å²) in [5.74, 6) is 3.13. The lowest BCUT2D eigenvalue weighted by Gasteiger charge is -2.57. The quantitative estimate of drug-likeness (QED) is 0.873. The molecule has 0 unspecified atom stereocenters. The number of hydrogen-bond acceptors (Lipinski definition) is 2. The lowest BCUT2D eigenvalue weighted by molar-refractivity contribution is -0.0192. The monoisotopic (exact) mass is 310 g/mol. The van der Waals surface area contributed by atoms with Crippen molar-refractivity contribution in [1.82, 2.24) is 5.32 Å². The maximum Gasteiger partial charge on any atom is 0.0372 e. The van der Waals surface area contributed by atoms with E-state index < -0.39 is 0 Å². The first-order valence-corrected chi connectivity index (χ1v) is 9.89. The summed E-state index contributed by atoms with van der Waals surface area (Å²) in [5, 5.41) is 7.56. The highest BCUT2D eigenvalue weighted by Gasteiger charge is 2.50. The molecule has 4 aliphatic carbocycles. The number of nitrogens with one attached hydrogen (secondary N) is 2. The molecule has 0 saturated heterocycles. The second kappa shape index (κ2) is 5.51. The molecule has 23 heavy (non-hydrogen) atoms. The van der Waals surface area contributed by atoms with Crippen molar-refractivity contribution < 1.29 is 0 Å². The molecule has 0 radical (unpaired) electrons. The van der Waals surface area contributed by atoms with Gasteiger partial charge in [0.2, 0.25) is 0 Å². The smallest absolute Gasteiger partial charge is 0.0372 e. The molecular weight excluding hydrogens is 280 g/mol. The van der Waals surface area contributed by atoms with Gasteiger partial charge < -0.3 is 10.6 Å². The summed E-state index contributed by atoms with van der Waals surface area (Å²) < 4.78 is 0. The summed E-state index contributed by atoms with van der Waals surface area (Å²) in [6.45, 7) is 2.30. The molecule has 6 rings (SSSR count). The van der Waals surface area contributed by atoms with Gasteiger partial charge in [-0.05, 0) is 99.3 Å². The highest BCUT2D eigenvalue weighted by Crippen LogP contribution is 2.55. The van der Waals surface area contributed by atoms with Crippen molar-refractivity contribution >= 4 is 5.69 Å². The zero-order valence-electron chi connectivity index (χ0n) is 14.2. The van der Waals surface area contributed by atoms with Crippen molar-refractivity contribution in [2.45, 2.75) is 63.3 Å². The predicted octanol–water partition coefficient (Wildman–Crippen LogP) is 4.15. The average Bonchev–Trinajstić information content (AvgIpc) is 2.53. The van der Waals surface area contributed by atoms with E-state index in [2.05, 4.69) is 28.8 Å². The molecule has 1 heterocycles. The fourth-order valence-electron chi connectivity index (χ4n) is 6.48. The summed E-state index contributed by atoms with van der Waals surface area (Å²) in [6.07, 6.45) is 12.7. The van der Waals surface area contributed by atoms with Gasteiger partial charge in [-0.25, -0.2) is 0 Å². The molecule has 4 saturated carbocycles. The molecule has 1 aromatic rings. The van der Waals surface area contributed by atoms with Crippen molar-refractivity contribution in [3.63, 3.8) is 0 Å². The highest BCUT2D eigenvalue weighted by molar-refractivity contribution is 5.54. The molecule has 4 fully saturated rings. The van der Waals surface area contributed by atoms with Gasteiger partial charge in [-0.2, -0.15) is 0 Å². The number of rotatable bonds is 4. The van der Waals surface area contributed by atoms with E-state index in [0.29, 0.717) is 5.54 Å². The fraction of sp³-hybridized carbons (Fsp3) is 0.714. The first kappa shape index (κ1) is 14.3. The molecule has 2 N–H and O–H groups in total. The van der Waals surface area contributed by atoms with Crippen LogP contribution in [0.4, 0.5) is 5.69 Å². The summed E-state index contributed by atoms with van der Waals surface area (Å²) in [7, 11) is 0. The number of anilines is 1. The second-order valence-electron chi connectivity index (χ2n) is 8.90. The Bertz CT molecular complexity index is 556. The third kappa shape index (κ3) is 2.69. The standard InChI is InChI=1S/C21H30N2/c1-2-19-11-15(3-4-20(19)22-6-1)5-7-23-21-12-16-8-17(13-21)10-18(9-16)14-21/h3-4,11,16-18,22-23H,1-2,5-10,12-14H2. The molecule has 2 nitrogen and oxygen atoms in total. The van der Waals surface area contributed by atoms with E-state index in [-0.39, 0.29) is 0 Å². The van der Waals surface area contributed by atoms with Crippen LogP contribution in [0.2, 0.25) is 0 Å². The first-order chi connectivity index (χ1) is 11.3. The van der Waals surface area contributed by atoms with E-state index in [0.717, 1.165) is 24.3 Å². The normalized spacial score (nSPS) is 37.5. The first-order valence-electron chi connectivity index (χ1n) is 9.89. The molecule has 2 heteroatoms. The van der Waals surface area contributed by atoms with Crippen molar-refractivity contribution in [2.24, 2.45) is 17.8 Å². The van der Waals surface area contributed by atoms with Gasteiger partial charge in [0.05, 0.1) is 0 Å². The zero-order chi connectivity index (χ0) is 15.3. The summed E-state index contributed by atoms with van der Waals surface area (Å²) in [6, 6.07) is 7.08. The van der Waals surface area contributed by atoms with Crippen molar-refractivity contribution in [2.75, 3.05) is 18.4 Å². The van der Waals surface area contributed by atoms with Crippen LogP contribution in [0.1, 0.15) is 56.1 Å². The summed E-state index contributed by atoms with van der Waals surface area (Å²) in [4.78, 5) is 0. The van der Waals surface area contributed by atoms with Crippen LogP contribution in [0.15, 0.2) is 18.2 Å². The van der Waals surface area contributed by atoms with Crippen LogP contribution in [0.25, 0.3) is 0 Å². The van der Waals surface area contributed by atoms with E-state index in [1.807, 2.05) is 0 Å². The molecule has 1 aromatic carbocycles. The molecule has 0 atom stereocenters. The minimum absolute atomic E-state index is 0.518. The largest absolute Gasteiger partial charge is 0.385 e. The van der Waals surface area contributed by atoms with Crippen LogP contribution in [-0.4, -0.2) is 18.6 Å². The Balaban J connectivity index is 1.22. The Morgan fingerprint density at radius 2 is 1.78 bits per heavy atom. The third-order valence-corrected chi connectivity index (χ3v) is 7.06. The van der Waals surface area contributed by atoms with Gasteiger partial charge in [0.15, 0.2) is 0 Å². The van der Waals surface area contributed by atoms with Crippen LogP contribution in [-0.2, 0) is 12.8 Å². The van der Waals surface area contributed by atoms with E-state index in [9.17, 15) is 0 Å². The van der Waals surface area contributed by atoms with Gasteiger partial charge in [-0.1, -0.05) is 12.1 Å². The number of hydrogen-bond donors (Lipinski definition) is 2. The third-order valence-electron chi connectivity index (χ3n) is 7.06. The summed E-state index contributed by atoms with van der Waals surface area (Å²) in [5.41, 5.74) is 4.94. The van der Waals surface area contributed by atoms with Gasteiger partial charge in [0, 0.05) is 17.8 Å². The van der Waals surface area contributed by atoms with Crippen LogP contribution in [0, 0.1) is 17.8 Å². The Morgan fingerprint density at radius 3 is 2.52 bits per heavy atom. The number of fused-ring (bicyclic) bond motifs is 1. The van der Waals surface area contributed by atoms with Gasteiger partial charge in [0.25, 0.3) is 0 Å². The molecule has 1 aliphatic heterocycles. The summed E-state index contributed by atoms with van der Waals surface area (Å²) >= 11 is 0. The maximum atomic E-state index is 4.04. The maximum absolute atomic E-state index is 4.04. The lowest BCUT2D eigenvalue weighted by atomic mass is 9.53. The average molecular weight is 310 g/mol. The molecule has 0 amide bonds. The highest BCUT2D eigenvalue weighted by atomic mass is 15.0. The Morgan fingerprint density at radius 1 is 1.04 bits per heavy atom. The van der Waals surface area contributed by atoms with Crippen molar-refractivity contribution in [1.29, 1.82) is 0 Å². The minimum Gasteiger partial charge on any atom is -0.385 e. The lowest BCUT2D eigenvalue weighted by Crippen LogP contribution is -2.58. The van der Waals surface area contributed by atoms with E-state index in [1.54, 1.807) is 0 Å². The second-order valence-corrected chi connectivity index (χ2v) is 8.90. The van der Waals surface area contributed by atoms with Gasteiger partial charge in [0.1, 0.15) is 0 Å². The van der Waals surface area contributed by atoms with Crippen LogP contribution >= 0.6 is 0 Å². The Kier molecular flexibility index (Phi) is 3.44. The van der Waals surface area contributed by atoms with E-state index in [1.165, 1.54) is 81.1 Å². The van der Waals surface area contributed by atoms with Gasteiger partial charge in [-0.3, -0.25) is 0 Å². The predicted molar refractivity (Wildman–Crippen MR) is 95.9 cm³/mol. The van der Waals surface area contributed by atoms with Crippen molar-refractivity contribution in [3.8, 4) is 0 Å². The molecule has 124 valence electrons. The Labute approximate surface area is 140 Å². The molecular formula is C21H30N2. The molecule has 0 aromatic heterocycles. The van der Waals surface area contributed by atoms with Crippen LogP contribution in [0.3, 0.4) is 0 Å². The molecule has 0 spiro atoms. The SMILES string of the molecule is c1cc2c(cc1CCNC13CC4CC(CC(C4)C1)C3)CCCN2. The van der Waals surface area contributed by atoms with Crippen LogP contribution in [0.5, 0.6) is 0 Å². The molecule has 4 bridgehead atoms.